The Morgan fingerprint density at radius 1 is 1.20 bits per heavy atom. The first kappa shape index (κ1) is 14.2. The second kappa shape index (κ2) is 5.86. The Kier molecular flexibility index (Phi) is 4.17. The minimum absolute atomic E-state index is 0.259. The van der Waals surface area contributed by atoms with Crippen LogP contribution in [0.4, 0.5) is 0 Å². The van der Waals surface area contributed by atoms with Gasteiger partial charge in [-0.05, 0) is 24.6 Å². The maximum absolute atomic E-state index is 12.1. The van der Waals surface area contributed by atoms with Crippen LogP contribution in [-0.4, -0.2) is 30.2 Å². The first-order valence-corrected chi connectivity index (χ1v) is 6.57. The topological polar surface area (TPSA) is 69.7 Å². The van der Waals surface area contributed by atoms with Crippen LogP contribution in [0.1, 0.15) is 47.4 Å². The van der Waals surface area contributed by atoms with Crippen molar-refractivity contribution in [2.24, 2.45) is 0 Å². The van der Waals surface area contributed by atoms with Gasteiger partial charge in [0, 0.05) is 18.1 Å². The predicted octanol–water partition coefficient (Wildman–Crippen LogP) is 2.18. The molecular weight excluding hydrogens is 260 g/mol. The molecule has 1 atom stereocenters. The van der Waals surface area contributed by atoms with E-state index in [1.807, 2.05) is 0 Å². The molecule has 1 aromatic rings. The maximum atomic E-state index is 12.1. The van der Waals surface area contributed by atoms with Gasteiger partial charge in [-0.1, -0.05) is 13.3 Å². The molecular formula is C15H16O5. The summed E-state index contributed by atoms with van der Waals surface area (Å²) in [6.45, 7) is 3.78. The zero-order valence-corrected chi connectivity index (χ0v) is 11.5. The van der Waals surface area contributed by atoms with E-state index in [4.69, 9.17) is 9.47 Å². The van der Waals surface area contributed by atoms with E-state index in [-0.39, 0.29) is 11.1 Å². The van der Waals surface area contributed by atoms with Crippen molar-refractivity contribution in [3.05, 3.63) is 29.3 Å². The van der Waals surface area contributed by atoms with Crippen LogP contribution >= 0.6 is 0 Å². The fourth-order valence-corrected chi connectivity index (χ4v) is 2.04. The smallest absolute Gasteiger partial charge is 0.303 e. The van der Waals surface area contributed by atoms with Gasteiger partial charge in [0.25, 0.3) is 0 Å². The summed E-state index contributed by atoms with van der Waals surface area (Å²) in [7, 11) is 0. The van der Waals surface area contributed by atoms with Crippen LogP contribution in [0.15, 0.2) is 18.2 Å². The monoisotopic (exact) mass is 276 g/mol. The molecule has 0 aliphatic heterocycles. The lowest BCUT2D eigenvalue weighted by Gasteiger charge is -2.06. The number of esters is 1. The Bertz CT molecular complexity index is 561. The molecule has 0 aromatic heterocycles. The summed E-state index contributed by atoms with van der Waals surface area (Å²) in [5, 5.41) is 0. The third-order valence-corrected chi connectivity index (χ3v) is 3.05. The van der Waals surface area contributed by atoms with Crippen LogP contribution in [0.25, 0.3) is 0 Å². The minimum Gasteiger partial charge on any atom is -0.494 e. The van der Waals surface area contributed by atoms with Crippen LogP contribution in [0.5, 0.6) is 5.75 Å². The van der Waals surface area contributed by atoms with Gasteiger partial charge in [-0.25, -0.2) is 0 Å². The predicted molar refractivity (Wildman–Crippen MR) is 71.1 cm³/mol. The molecule has 0 saturated heterocycles. The van der Waals surface area contributed by atoms with Crippen molar-refractivity contribution < 1.29 is 23.9 Å². The van der Waals surface area contributed by atoms with Crippen LogP contribution in [-0.2, 0) is 9.53 Å². The number of carbonyl (C=O) groups is 3. The van der Waals surface area contributed by atoms with Gasteiger partial charge in [0.2, 0.25) is 17.7 Å². The molecule has 0 saturated carbocycles. The third-order valence-electron chi connectivity index (χ3n) is 3.05. The average molecular weight is 276 g/mol. The van der Waals surface area contributed by atoms with Gasteiger partial charge in [-0.3, -0.25) is 14.4 Å². The van der Waals surface area contributed by atoms with Crippen molar-refractivity contribution in [2.75, 3.05) is 6.61 Å². The van der Waals surface area contributed by atoms with Gasteiger partial charge in [-0.15, -0.1) is 0 Å². The summed E-state index contributed by atoms with van der Waals surface area (Å²) in [4.78, 5) is 35.0. The molecule has 0 heterocycles. The molecule has 0 N–H and O–H groups in total. The van der Waals surface area contributed by atoms with E-state index in [1.54, 1.807) is 12.1 Å². The summed E-state index contributed by atoms with van der Waals surface area (Å²) < 4.78 is 10.3. The van der Waals surface area contributed by atoms with Gasteiger partial charge in [-0.2, -0.15) is 0 Å². The number of unbranched alkanes of at least 4 members (excludes halogenated alkanes) is 1. The van der Waals surface area contributed by atoms with Crippen LogP contribution in [0, 0.1) is 0 Å². The molecule has 1 unspecified atom stereocenters. The highest BCUT2D eigenvalue weighted by molar-refractivity contribution is 6.29. The van der Waals surface area contributed by atoms with Gasteiger partial charge >= 0.3 is 5.97 Å². The molecule has 5 nitrogen and oxygen atoms in total. The number of hydrogen-bond donors (Lipinski definition) is 0. The van der Waals surface area contributed by atoms with E-state index in [1.165, 1.54) is 13.0 Å². The average Bonchev–Trinajstić information content (AvgIpc) is 2.64. The van der Waals surface area contributed by atoms with Gasteiger partial charge in [0.15, 0.2) is 0 Å². The number of ether oxygens (including phenoxy) is 2. The van der Waals surface area contributed by atoms with E-state index >= 15 is 0 Å². The van der Waals surface area contributed by atoms with Crippen molar-refractivity contribution >= 4 is 17.5 Å². The number of fused-ring (bicyclic) bond motifs is 1. The largest absolute Gasteiger partial charge is 0.494 e. The molecule has 1 aliphatic carbocycles. The molecule has 0 fully saturated rings. The highest BCUT2D eigenvalue weighted by Crippen LogP contribution is 2.28. The first-order valence-electron chi connectivity index (χ1n) is 6.57. The minimum atomic E-state index is -1.34. The zero-order chi connectivity index (χ0) is 14.7. The molecule has 0 radical (unpaired) electrons. The molecule has 0 spiro atoms. The molecule has 0 amide bonds. The molecule has 0 bridgehead atoms. The number of benzene rings is 1. The highest BCUT2D eigenvalue weighted by atomic mass is 16.5. The van der Waals surface area contributed by atoms with Gasteiger partial charge in [0.05, 0.1) is 6.61 Å². The van der Waals surface area contributed by atoms with Crippen molar-refractivity contribution in [1.82, 2.24) is 0 Å². The third kappa shape index (κ3) is 2.71. The number of rotatable bonds is 5. The second-order valence-corrected chi connectivity index (χ2v) is 4.63. The summed E-state index contributed by atoms with van der Waals surface area (Å²) in [5.74, 6) is -1.06. The number of ketones is 2. The Hall–Kier alpha value is -2.17. The van der Waals surface area contributed by atoms with Crippen LogP contribution in [0.3, 0.4) is 0 Å². The molecule has 1 aromatic carbocycles. The fraction of sp³-hybridized carbons (Fsp3) is 0.400. The van der Waals surface area contributed by atoms with Crippen LogP contribution < -0.4 is 4.74 Å². The van der Waals surface area contributed by atoms with E-state index in [9.17, 15) is 14.4 Å². The number of hydrogen-bond acceptors (Lipinski definition) is 5. The lowest BCUT2D eigenvalue weighted by Crippen LogP contribution is -2.27. The number of Topliss-reactive ketones (excluding diaryl/α,β-unsaturated/α-hetero) is 2. The van der Waals surface area contributed by atoms with Gasteiger partial charge < -0.3 is 9.47 Å². The quantitative estimate of drug-likeness (QED) is 0.468. The SMILES string of the molecule is CCCCOc1ccc2c(c1)C(=O)C(OC(C)=O)C2=O. The van der Waals surface area contributed by atoms with Crippen molar-refractivity contribution in [1.29, 1.82) is 0 Å². The normalized spacial score (nSPS) is 17.0. The van der Waals surface area contributed by atoms with Crippen molar-refractivity contribution in [3.8, 4) is 5.75 Å². The zero-order valence-electron chi connectivity index (χ0n) is 11.5. The Balaban J connectivity index is 2.20. The van der Waals surface area contributed by atoms with Gasteiger partial charge in [0.1, 0.15) is 5.75 Å². The Morgan fingerprint density at radius 3 is 2.55 bits per heavy atom. The fourth-order valence-electron chi connectivity index (χ4n) is 2.04. The Morgan fingerprint density at radius 2 is 1.90 bits per heavy atom. The molecule has 20 heavy (non-hydrogen) atoms. The summed E-state index contributed by atoms with van der Waals surface area (Å²) >= 11 is 0. The molecule has 106 valence electrons. The molecule has 5 heteroatoms. The highest BCUT2D eigenvalue weighted by Gasteiger charge is 2.41. The first-order chi connectivity index (χ1) is 9.54. The standard InChI is InChI=1S/C15H16O5/c1-3-4-7-19-10-5-6-11-12(8-10)14(18)15(13(11)17)20-9(2)16/h5-6,8,15H,3-4,7H2,1-2H3. The maximum Gasteiger partial charge on any atom is 0.303 e. The van der Waals surface area contributed by atoms with E-state index in [0.29, 0.717) is 12.4 Å². The van der Waals surface area contributed by atoms with Crippen LogP contribution in [0.2, 0.25) is 0 Å². The molecule has 2 rings (SSSR count). The van der Waals surface area contributed by atoms with Crippen molar-refractivity contribution in [3.63, 3.8) is 0 Å². The van der Waals surface area contributed by atoms with E-state index in [2.05, 4.69) is 6.92 Å². The Labute approximate surface area is 116 Å². The lowest BCUT2D eigenvalue weighted by molar-refractivity contribution is -0.142. The number of carbonyl (C=O) groups excluding carboxylic acids is 3. The lowest BCUT2D eigenvalue weighted by atomic mass is 10.1. The summed E-state index contributed by atoms with van der Waals surface area (Å²) in [5.41, 5.74) is 0.541. The van der Waals surface area contributed by atoms with Crippen molar-refractivity contribution in [2.45, 2.75) is 32.8 Å². The summed E-state index contributed by atoms with van der Waals surface area (Å²) in [6.07, 6.45) is 0.588. The van der Waals surface area contributed by atoms with E-state index < -0.39 is 23.6 Å². The summed E-state index contributed by atoms with van der Waals surface area (Å²) in [6, 6.07) is 4.73. The van der Waals surface area contributed by atoms with E-state index in [0.717, 1.165) is 12.8 Å². The molecule has 1 aliphatic rings. The second-order valence-electron chi connectivity index (χ2n) is 4.63.